The summed E-state index contributed by atoms with van der Waals surface area (Å²) in [6, 6.07) is 10.4. The maximum Gasteiger partial charge on any atom is 0.308 e. The normalized spacial score (nSPS) is 10.7. The fourth-order valence-corrected chi connectivity index (χ4v) is 5.08. The maximum atomic E-state index is 11.7. The van der Waals surface area contributed by atoms with Crippen molar-refractivity contribution in [2.24, 2.45) is 0 Å². The van der Waals surface area contributed by atoms with Gasteiger partial charge in [0.05, 0.1) is 12.5 Å². The van der Waals surface area contributed by atoms with Gasteiger partial charge in [0.15, 0.2) is 5.76 Å². The van der Waals surface area contributed by atoms with E-state index in [2.05, 4.69) is 32.2 Å². The lowest BCUT2D eigenvalue weighted by atomic mass is 10.1. The Morgan fingerprint density at radius 2 is 1.56 bits per heavy atom. The second kappa shape index (κ2) is 8.59. The molecule has 0 N–H and O–H groups in total. The van der Waals surface area contributed by atoms with Gasteiger partial charge in [-0.2, -0.15) is 0 Å². The number of rotatable bonds is 6. The van der Waals surface area contributed by atoms with Gasteiger partial charge >= 0.3 is 5.97 Å². The molecule has 0 aliphatic carbocycles. The SMILES string of the molecule is CC[Si](C#CC(OC(C)=O)=C(c1ccco1)c1ccco1)(CC)CC. The summed E-state index contributed by atoms with van der Waals surface area (Å²) < 4.78 is 16.5. The van der Waals surface area contributed by atoms with Crippen molar-refractivity contribution in [3.63, 3.8) is 0 Å². The van der Waals surface area contributed by atoms with Crippen LogP contribution in [0.3, 0.4) is 0 Å². The molecule has 0 unspecified atom stereocenters. The first-order chi connectivity index (χ1) is 12.0. The van der Waals surface area contributed by atoms with Crippen LogP contribution in [0.4, 0.5) is 0 Å². The minimum Gasteiger partial charge on any atom is -0.464 e. The molecular weight excluding hydrogens is 332 g/mol. The fraction of sp³-hybridized carbons (Fsp3) is 0.350. The molecule has 0 atom stereocenters. The number of esters is 1. The third kappa shape index (κ3) is 4.55. The van der Waals surface area contributed by atoms with Crippen molar-refractivity contribution in [1.82, 2.24) is 0 Å². The zero-order valence-electron chi connectivity index (χ0n) is 15.2. The summed E-state index contributed by atoms with van der Waals surface area (Å²) in [4.78, 5) is 11.7. The van der Waals surface area contributed by atoms with E-state index >= 15 is 0 Å². The fourth-order valence-electron chi connectivity index (χ4n) is 2.67. The Bertz CT molecular complexity index is 725. The molecule has 2 heterocycles. The van der Waals surface area contributed by atoms with Crippen LogP contribution < -0.4 is 0 Å². The van der Waals surface area contributed by atoms with Crippen molar-refractivity contribution in [3.05, 3.63) is 54.1 Å². The molecule has 0 bridgehead atoms. The molecule has 0 aliphatic heterocycles. The summed E-state index contributed by atoms with van der Waals surface area (Å²) in [6.45, 7) is 7.92. The van der Waals surface area contributed by atoms with Gasteiger partial charge in [-0.1, -0.05) is 20.8 Å². The van der Waals surface area contributed by atoms with Gasteiger partial charge in [0.2, 0.25) is 0 Å². The van der Waals surface area contributed by atoms with E-state index in [-0.39, 0.29) is 5.76 Å². The van der Waals surface area contributed by atoms with Crippen LogP contribution >= 0.6 is 0 Å². The molecule has 0 radical (unpaired) electrons. The molecule has 132 valence electrons. The van der Waals surface area contributed by atoms with E-state index in [1.165, 1.54) is 6.92 Å². The summed E-state index contributed by atoms with van der Waals surface area (Å²) in [5.74, 6) is 4.12. The number of hydrogen-bond acceptors (Lipinski definition) is 4. The molecule has 0 saturated heterocycles. The Morgan fingerprint density at radius 3 is 1.92 bits per heavy atom. The first kappa shape index (κ1) is 18.9. The molecule has 4 nitrogen and oxygen atoms in total. The molecule has 0 spiro atoms. The second-order valence-electron chi connectivity index (χ2n) is 5.84. The lowest BCUT2D eigenvalue weighted by molar-refractivity contribution is -0.136. The molecule has 0 saturated carbocycles. The zero-order valence-corrected chi connectivity index (χ0v) is 16.2. The van der Waals surface area contributed by atoms with Gasteiger partial charge in [0.25, 0.3) is 0 Å². The number of ether oxygens (including phenoxy) is 1. The van der Waals surface area contributed by atoms with E-state index in [4.69, 9.17) is 13.6 Å². The quantitative estimate of drug-likeness (QED) is 0.307. The van der Waals surface area contributed by atoms with Gasteiger partial charge in [-0.3, -0.25) is 4.79 Å². The van der Waals surface area contributed by atoms with Crippen LogP contribution in [0.25, 0.3) is 5.57 Å². The first-order valence-electron chi connectivity index (χ1n) is 8.58. The van der Waals surface area contributed by atoms with E-state index in [1.54, 1.807) is 36.8 Å². The van der Waals surface area contributed by atoms with E-state index in [1.807, 2.05) is 0 Å². The predicted octanol–water partition coefficient (Wildman–Crippen LogP) is 5.25. The Morgan fingerprint density at radius 1 is 1.04 bits per heavy atom. The molecule has 2 rings (SSSR count). The summed E-state index contributed by atoms with van der Waals surface area (Å²) in [5.41, 5.74) is 4.02. The van der Waals surface area contributed by atoms with Crippen LogP contribution in [-0.2, 0) is 9.53 Å². The Hall–Kier alpha value is -2.45. The smallest absolute Gasteiger partial charge is 0.308 e. The second-order valence-corrected chi connectivity index (χ2v) is 10.8. The van der Waals surface area contributed by atoms with Crippen molar-refractivity contribution in [2.75, 3.05) is 0 Å². The zero-order chi connectivity index (χ0) is 18.3. The van der Waals surface area contributed by atoms with Crippen molar-refractivity contribution in [1.29, 1.82) is 0 Å². The van der Waals surface area contributed by atoms with E-state index in [0.717, 1.165) is 18.1 Å². The molecule has 0 aliphatic rings. The first-order valence-corrected chi connectivity index (χ1v) is 11.2. The average molecular weight is 356 g/mol. The van der Waals surface area contributed by atoms with Gasteiger partial charge in [0.1, 0.15) is 25.2 Å². The van der Waals surface area contributed by atoms with E-state index in [9.17, 15) is 4.79 Å². The third-order valence-electron chi connectivity index (χ3n) is 4.48. The molecule has 2 aromatic heterocycles. The predicted molar refractivity (Wildman–Crippen MR) is 100 cm³/mol. The Balaban J connectivity index is 2.64. The van der Waals surface area contributed by atoms with Gasteiger partial charge in [-0.05, 0) is 48.3 Å². The van der Waals surface area contributed by atoms with Crippen molar-refractivity contribution >= 4 is 19.6 Å². The van der Waals surface area contributed by atoms with Gasteiger partial charge in [-0.15, -0.1) is 5.54 Å². The van der Waals surface area contributed by atoms with E-state index in [0.29, 0.717) is 17.1 Å². The summed E-state index contributed by atoms with van der Waals surface area (Å²) in [6.07, 6.45) is 3.14. The highest BCUT2D eigenvalue weighted by Crippen LogP contribution is 2.29. The number of allylic oxidation sites excluding steroid dienone is 1. The third-order valence-corrected chi connectivity index (χ3v) is 9.20. The number of carbonyl (C=O) groups excluding carboxylic acids is 1. The highest BCUT2D eigenvalue weighted by Gasteiger charge is 2.25. The number of carbonyl (C=O) groups is 1. The van der Waals surface area contributed by atoms with Crippen molar-refractivity contribution in [3.8, 4) is 11.5 Å². The monoisotopic (exact) mass is 356 g/mol. The summed E-state index contributed by atoms with van der Waals surface area (Å²) in [7, 11) is -1.69. The van der Waals surface area contributed by atoms with Crippen LogP contribution in [0.5, 0.6) is 0 Å². The largest absolute Gasteiger partial charge is 0.464 e. The van der Waals surface area contributed by atoms with Gasteiger partial charge < -0.3 is 13.6 Å². The van der Waals surface area contributed by atoms with Crippen LogP contribution in [-0.4, -0.2) is 14.0 Å². The van der Waals surface area contributed by atoms with Crippen LogP contribution in [0.2, 0.25) is 18.1 Å². The van der Waals surface area contributed by atoms with E-state index < -0.39 is 14.0 Å². The molecule has 0 aromatic carbocycles. The molecule has 0 fully saturated rings. The average Bonchev–Trinajstić information content (AvgIpc) is 3.30. The molecule has 5 heteroatoms. The minimum absolute atomic E-state index is 0.282. The molecular formula is C20H24O4Si. The van der Waals surface area contributed by atoms with Crippen molar-refractivity contribution in [2.45, 2.75) is 45.8 Å². The Kier molecular flexibility index (Phi) is 6.48. The number of hydrogen-bond donors (Lipinski definition) is 0. The standard InChI is InChI=1S/C20H24O4Si/c1-5-25(6-2,7-3)15-12-19(24-16(4)21)20(17-10-8-13-22-17)18-11-9-14-23-18/h8-11,13-14H,5-7H2,1-4H3. The number of furan rings is 2. The minimum atomic E-state index is -1.69. The lowest BCUT2D eigenvalue weighted by Crippen LogP contribution is -2.29. The molecule has 25 heavy (non-hydrogen) atoms. The topological polar surface area (TPSA) is 52.6 Å². The Labute approximate surface area is 149 Å². The molecule has 0 amide bonds. The summed E-state index contributed by atoms with van der Waals surface area (Å²) >= 11 is 0. The van der Waals surface area contributed by atoms with Crippen LogP contribution in [0.1, 0.15) is 39.2 Å². The lowest BCUT2D eigenvalue weighted by Gasteiger charge is -2.20. The van der Waals surface area contributed by atoms with Crippen molar-refractivity contribution < 1.29 is 18.4 Å². The van der Waals surface area contributed by atoms with Crippen LogP contribution in [0, 0.1) is 11.5 Å². The van der Waals surface area contributed by atoms with Crippen LogP contribution in [0.15, 0.2) is 51.4 Å². The molecule has 2 aromatic rings. The summed E-state index contributed by atoms with van der Waals surface area (Å²) in [5, 5.41) is 0. The van der Waals surface area contributed by atoms with Gasteiger partial charge in [0, 0.05) is 6.92 Å². The maximum absolute atomic E-state index is 11.7. The highest BCUT2D eigenvalue weighted by atomic mass is 28.3. The highest BCUT2D eigenvalue weighted by molar-refractivity contribution is 6.87. The van der Waals surface area contributed by atoms with Gasteiger partial charge in [-0.25, -0.2) is 0 Å².